The predicted octanol–water partition coefficient (Wildman–Crippen LogP) is 4.37. The first-order chi connectivity index (χ1) is 16.0. The number of amides is 2. The molecule has 0 fully saturated rings. The van der Waals surface area contributed by atoms with Gasteiger partial charge in [-0.3, -0.25) is 20.4 Å². The van der Waals surface area contributed by atoms with E-state index >= 15 is 0 Å². The minimum atomic E-state index is -0.586. The summed E-state index contributed by atoms with van der Waals surface area (Å²) in [7, 11) is 1.56. The second kappa shape index (κ2) is 10.0. The average molecular weight is 464 g/mol. The molecule has 0 aliphatic rings. The van der Waals surface area contributed by atoms with Gasteiger partial charge >= 0.3 is 5.91 Å². The van der Waals surface area contributed by atoms with Gasteiger partial charge in [-0.1, -0.05) is 42.5 Å². The maximum Gasteiger partial charge on any atom is 0.305 e. The Hall–Kier alpha value is -4.11. The molecule has 168 valence electrons. The van der Waals surface area contributed by atoms with Gasteiger partial charge in [0.1, 0.15) is 22.3 Å². The van der Waals surface area contributed by atoms with Gasteiger partial charge in [0.15, 0.2) is 17.3 Å². The average Bonchev–Trinajstić information content (AvgIpc) is 3.48. The summed E-state index contributed by atoms with van der Waals surface area (Å²) in [6.07, 6.45) is 0. The number of hydrazine groups is 1. The summed E-state index contributed by atoms with van der Waals surface area (Å²) >= 11 is 1.26. The first-order valence-corrected chi connectivity index (χ1v) is 10.8. The number of thiazole rings is 1. The van der Waals surface area contributed by atoms with Crippen LogP contribution in [0.15, 0.2) is 71.1 Å². The first kappa shape index (κ1) is 22.1. The van der Waals surface area contributed by atoms with Gasteiger partial charge in [-0.2, -0.15) is 0 Å². The molecule has 0 unspecified atom stereocenters. The maximum atomic E-state index is 12.6. The van der Waals surface area contributed by atoms with E-state index in [1.807, 2.05) is 42.5 Å². The molecule has 0 bridgehead atoms. The number of ether oxygens (including phenoxy) is 2. The molecule has 9 heteroatoms. The van der Waals surface area contributed by atoms with Crippen LogP contribution in [0.2, 0.25) is 0 Å². The first-order valence-electron chi connectivity index (χ1n) is 10.0. The molecular weight excluding hydrogens is 442 g/mol. The van der Waals surface area contributed by atoms with Crippen LogP contribution >= 0.6 is 11.3 Å². The second-order valence-electron chi connectivity index (χ2n) is 6.91. The molecule has 0 atom stereocenters. The lowest BCUT2D eigenvalue weighted by Gasteiger charge is -2.08. The van der Waals surface area contributed by atoms with Crippen LogP contribution in [-0.2, 0) is 6.61 Å². The number of methoxy groups -OCH3 is 1. The fourth-order valence-corrected chi connectivity index (χ4v) is 3.97. The predicted molar refractivity (Wildman–Crippen MR) is 123 cm³/mol. The molecule has 0 aliphatic carbocycles. The SMILES string of the molecule is COc1ccccc1OCc1ccc(C(=O)NNC(=O)c2sc(-c3ccccc3)nc2C)o1. The Morgan fingerprint density at radius 1 is 0.939 bits per heavy atom. The van der Waals surface area contributed by atoms with Crippen molar-refractivity contribution in [3.05, 3.63) is 88.8 Å². The zero-order valence-electron chi connectivity index (χ0n) is 18.0. The molecule has 33 heavy (non-hydrogen) atoms. The fourth-order valence-electron chi connectivity index (χ4n) is 3.01. The molecule has 0 spiro atoms. The van der Waals surface area contributed by atoms with Crippen LogP contribution in [0.25, 0.3) is 10.6 Å². The van der Waals surface area contributed by atoms with E-state index in [9.17, 15) is 9.59 Å². The van der Waals surface area contributed by atoms with E-state index in [1.165, 1.54) is 17.4 Å². The Kier molecular flexibility index (Phi) is 6.70. The van der Waals surface area contributed by atoms with Crippen molar-refractivity contribution >= 4 is 23.2 Å². The number of hydrogen-bond donors (Lipinski definition) is 2. The minimum Gasteiger partial charge on any atom is -0.493 e. The fraction of sp³-hybridized carbons (Fsp3) is 0.125. The van der Waals surface area contributed by atoms with E-state index in [-0.39, 0.29) is 12.4 Å². The summed E-state index contributed by atoms with van der Waals surface area (Å²) in [5.74, 6) is 0.607. The topological polar surface area (TPSA) is 103 Å². The lowest BCUT2D eigenvalue weighted by molar-refractivity contribution is 0.0830. The van der Waals surface area contributed by atoms with E-state index in [1.54, 1.807) is 32.2 Å². The summed E-state index contributed by atoms with van der Waals surface area (Å²) in [4.78, 5) is 29.8. The van der Waals surface area contributed by atoms with E-state index in [0.29, 0.717) is 27.8 Å². The number of carbonyl (C=O) groups is 2. The Labute approximate surface area is 194 Å². The van der Waals surface area contributed by atoms with Crippen molar-refractivity contribution in [2.24, 2.45) is 0 Å². The van der Waals surface area contributed by atoms with Crippen LogP contribution < -0.4 is 20.3 Å². The third-order valence-corrected chi connectivity index (χ3v) is 5.84. The van der Waals surface area contributed by atoms with Gasteiger partial charge in [-0.05, 0) is 31.2 Å². The molecule has 0 radical (unpaired) electrons. The van der Waals surface area contributed by atoms with Gasteiger partial charge in [0.25, 0.3) is 5.91 Å². The number of nitrogens with one attached hydrogen (secondary N) is 2. The summed E-state index contributed by atoms with van der Waals surface area (Å²) < 4.78 is 16.5. The Morgan fingerprint density at radius 2 is 1.64 bits per heavy atom. The third-order valence-electron chi connectivity index (χ3n) is 4.64. The van der Waals surface area contributed by atoms with Gasteiger partial charge in [0.05, 0.1) is 12.8 Å². The molecule has 2 amide bonds. The number of aryl methyl sites for hydroxylation is 1. The van der Waals surface area contributed by atoms with Gasteiger partial charge in [0, 0.05) is 5.56 Å². The number of hydrogen-bond acceptors (Lipinski definition) is 7. The largest absolute Gasteiger partial charge is 0.493 e. The highest BCUT2D eigenvalue weighted by Crippen LogP contribution is 2.28. The van der Waals surface area contributed by atoms with Crippen LogP contribution in [0.1, 0.15) is 31.7 Å². The van der Waals surface area contributed by atoms with Gasteiger partial charge in [-0.25, -0.2) is 4.98 Å². The Bertz CT molecular complexity index is 1270. The number of furan rings is 1. The molecule has 0 saturated carbocycles. The number of benzene rings is 2. The molecular formula is C24H21N3O5S. The highest BCUT2D eigenvalue weighted by molar-refractivity contribution is 7.17. The standard InChI is InChI=1S/C24H21N3O5S/c1-15-21(33-24(25-15)16-8-4-3-5-9-16)23(29)27-26-22(28)20-13-12-17(32-20)14-31-19-11-7-6-10-18(19)30-2/h3-13H,14H2,1-2H3,(H,26,28)(H,27,29). The van der Waals surface area contributed by atoms with Gasteiger partial charge < -0.3 is 13.9 Å². The lowest BCUT2D eigenvalue weighted by Crippen LogP contribution is -2.41. The molecule has 4 rings (SSSR count). The van der Waals surface area contributed by atoms with E-state index in [4.69, 9.17) is 13.9 Å². The van der Waals surface area contributed by atoms with Crippen molar-refractivity contribution in [2.75, 3.05) is 7.11 Å². The van der Waals surface area contributed by atoms with E-state index < -0.39 is 11.8 Å². The van der Waals surface area contributed by atoms with Crippen LogP contribution in [-0.4, -0.2) is 23.9 Å². The van der Waals surface area contributed by atoms with Crippen molar-refractivity contribution in [1.29, 1.82) is 0 Å². The number of carbonyl (C=O) groups excluding carboxylic acids is 2. The number of aromatic nitrogens is 1. The zero-order chi connectivity index (χ0) is 23.2. The molecule has 0 aliphatic heterocycles. The number of nitrogens with zero attached hydrogens (tertiary/aromatic N) is 1. The van der Waals surface area contributed by atoms with Crippen LogP contribution in [0.5, 0.6) is 11.5 Å². The summed E-state index contributed by atoms with van der Waals surface area (Å²) in [6.45, 7) is 1.86. The maximum absolute atomic E-state index is 12.6. The van der Waals surface area contributed by atoms with Crippen molar-refractivity contribution in [3.63, 3.8) is 0 Å². The normalized spacial score (nSPS) is 10.5. The van der Waals surface area contributed by atoms with Crippen LogP contribution in [0.4, 0.5) is 0 Å². The summed E-state index contributed by atoms with van der Waals surface area (Å²) in [6, 6.07) is 19.9. The monoisotopic (exact) mass is 463 g/mol. The molecule has 2 heterocycles. The molecule has 4 aromatic rings. The Balaban J connectivity index is 1.33. The lowest BCUT2D eigenvalue weighted by atomic mass is 10.2. The third kappa shape index (κ3) is 5.21. The second-order valence-corrected chi connectivity index (χ2v) is 7.91. The molecule has 2 aromatic heterocycles. The van der Waals surface area contributed by atoms with Gasteiger partial charge in [-0.15, -0.1) is 11.3 Å². The van der Waals surface area contributed by atoms with Gasteiger partial charge in [0.2, 0.25) is 0 Å². The highest BCUT2D eigenvalue weighted by Gasteiger charge is 2.18. The number of para-hydroxylation sites is 2. The van der Waals surface area contributed by atoms with Crippen molar-refractivity contribution in [1.82, 2.24) is 15.8 Å². The van der Waals surface area contributed by atoms with Crippen molar-refractivity contribution in [3.8, 4) is 22.1 Å². The number of rotatable bonds is 7. The zero-order valence-corrected chi connectivity index (χ0v) is 18.8. The smallest absolute Gasteiger partial charge is 0.305 e. The van der Waals surface area contributed by atoms with Crippen LogP contribution in [0, 0.1) is 6.92 Å². The molecule has 2 aromatic carbocycles. The molecule has 8 nitrogen and oxygen atoms in total. The summed E-state index contributed by atoms with van der Waals surface area (Å²) in [5, 5.41) is 0.732. The van der Waals surface area contributed by atoms with E-state index in [2.05, 4.69) is 15.8 Å². The van der Waals surface area contributed by atoms with Crippen LogP contribution in [0.3, 0.4) is 0 Å². The molecule has 2 N–H and O–H groups in total. The van der Waals surface area contributed by atoms with Crippen molar-refractivity contribution < 1.29 is 23.5 Å². The van der Waals surface area contributed by atoms with E-state index in [0.717, 1.165) is 10.6 Å². The quantitative estimate of drug-likeness (QED) is 0.395. The van der Waals surface area contributed by atoms with Crippen molar-refractivity contribution in [2.45, 2.75) is 13.5 Å². The summed E-state index contributed by atoms with van der Waals surface area (Å²) in [5.41, 5.74) is 6.28. The molecule has 0 saturated heterocycles. The minimum absolute atomic E-state index is 0.0416. The highest BCUT2D eigenvalue weighted by atomic mass is 32.1. The Morgan fingerprint density at radius 3 is 2.39 bits per heavy atom.